The monoisotopic (exact) mass is 506 g/mol. The Kier molecular flexibility index (Phi) is 7.22. The fraction of sp³-hybridized carbons (Fsp3) is 0.455. The summed E-state index contributed by atoms with van der Waals surface area (Å²) in [6.07, 6.45) is -1.11. The lowest BCUT2D eigenvalue weighted by atomic mass is 10.1. The van der Waals surface area contributed by atoms with Crippen molar-refractivity contribution in [2.45, 2.75) is 45.3 Å². The van der Waals surface area contributed by atoms with Gasteiger partial charge in [-0.15, -0.1) is 23.4 Å². The predicted molar refractivity (Wildman–Crippen MR) is 120 cm³/mol. The molecule has 0 radical (unpaired) electrons. The van der Waals surface area contributed by atoms with Crippen molar-refractivity contribution in [2.75, 3.05) is 18.4 Å². The minimum atomic E-state index is -4.80. The summed E-state index contributed by atoms with van der Waals surface area (Å²) < 4.78 is 42.9. The van der Waals surface area contributed by atoms with Crippen LogP contribution in [-0.2, 0) is 16.0 Å². The van der Waals surface area contributed by atoms with E-state index in [9.17, 15) is 22.8 Å². The Labute approximate surface area is 204 Å². The number of hydrogen-bond donors (Lipinski definition) is 2. The number of halogens is 3. The predicted octanol–water partition coefficient (Wildman–Crippen LogP) is 3.01. The highest BCUT2D eigenvalue weighted by atomic mass is 19.4. The average molecular weight is 506 g/mol. The standard InChI is InChI=1S/C22H25F3N8O3/c1-13-8-19(32-7-6-16(11-32)33-12-18(28-31-33)26-14(2)34)29-30-21(13)27-20(35)10-15-4-3-5-17(9-15)36-22(23,24)25/h3-5,8-9,12-13,16,21H,6-7,10-11H2,1-2H3,(H,26,34)(H,27,35). The molecule has 3 atom stereocenters. The first-order valence-electron chi connectivity index (χ1n) is 11.3. The molecule has 1 saturated heterocycles. The minimum absolute atomic E-state index is 0.0564. The third kappa shape index (κ3) is 6.58. The van der Waals surface area contributed by atoms with E-state index in [2.05, 4.69) is 40.8 Å². The molecule has 2 amide bonds. The van der Waals surface area contributed by atoms with Gasteiger partial charge >= 0.3 is 6.36 Å². The molecule has 0 aliphatic carbocycles. The van der Waals surface area contributed by atoms with Gasteiger partial charge in [0.25, 0.3) is 0 Å². The molecule has 1 fully saturated rings. The molecule has 0 spiro atoms. The number of likely N-dealkylation sites (tertiary alicyclic amines) is 1. The highest BCUT2D eigenvalue weighted by Gasteiger charge is 2.32. The molecule has 192 valence electrons. The summed E-state index contributed by atoms with van der Waals surface area (Å²) in [4.78, 5) is 25.7. The van der Waals surface area contributed by atoms with E-state index in [1.807, 2.05) is 13.0 Å². The molecule has 1 aromatic carbocycles. The van der Waals surface area contributed by atoms with Crippen LogP contribution in [0.25, 0.3) is 0 Å². The molecule has 2 aromatic rings. The van der Waals surface area contributed by atoms with E-state index >= 15 is 0 Å². The van der Waals surface area contributed by atoms with Crippen LogP contribution in [-0.4, -0.2) is 57.3 Å². The van der Waals surface area contributed by atoms with Crippen molar-refractivity contribution in [3.63, 3.8) is 0 Å². The van der Waals surface area contributed by atoms with E-state index in [-0.39, 0.29) is 30.0 Å². The Hall–Kier alpha value is -3.97. The maximum atomic E-state index is 12.5. The van der Waals surface area contributed by atoms with Crippen molar-refractivity contribution in [1.29, 1.82) is 0 Å². The van der Waals surface area contributed by atoms with Crippen LogP contribution in [0.15, 0.2) is 52.6 Å². The lowest BCUT2D eigenvalue weighted by molar-refractivity contribution is -0.274. The number of aromatic nitrogens is 3. The number of alkyl halides is 3. The molecular formula is C22H25F3N8O3. The second-order valence-corrected chi connectivity index (χ2v) is 8.64. The molecule has 3 unspecified atom stereocenters. The quantitative estimate of drug-likeness (QED) is 0.595. The van der Waals surface area contributed by atoms with Gasteiger partial charge in [-0.1, -0.05) is 24.3 Å². The lowest BCUT2D eigenvalue weighted by Crippen LogP contribution is -2.40. The smallest absolute Gasteiger partial charge is 0.406 e. The topological polar surface area (TPSA) is 126 Å². The average Bonchev–Trinajstić information content (AvgIpc) is 3.43. The SMILES string of the molecule is CC(=O)Nc1cn(C2CCN(C3=CC(C)C(NC(=O)Cc4cccc(OC(F)(F)F)c4)N=N3)C2)nn1. The maximum Gasteiger partial charge on any atom is 0.573 e. The van der Waals surface area contributed by atoms with Crippen molar-refractivity contribution < 1.29 is 27.5 Å². The second-order valence-electron chi connectivity index (χ2n) is 8.64. The molecule has 2 aliphatic rings. The number of anilines is 1. The van der Waals surface area contributed by atoms with E-state index in [1.165, 1.54) is 25.1 Å². The van der Waals surface area contributed by atoms with Crippen LogP contribution < -0.4 is 15.4 Å². The second kappa shape index (κ2) is 10.3. The van der Waals surface area contributed by atoms with Gasteiger partial charge in [0.1, 0.15) is 17.7 Å². The summed E-state index contributed by atoms with van der Waals surface area (Å²) in [7, 11) is 0. The van der Waals surface area contributed by atoms with Gasteiger partial charge in [0.05, 0.1) is 18.7 Å². The Balaban J connectivity index is 1.30. The zero-order valence-corrected chi connectivity index (χ0v) is 19.6. The summed E-state index contributed by atoms with van der Waals surface area (Å²) >= 11 is 0. The van der Waals surface area contributed by atoms with Gasteiger partial charge in [0.2, 0.25) is 11.8 Å². The fourth-order valence-corrected chi connectivity index (χ4v) is 4.03. The number of carbonyl (C=O) groups excluding carboxylic acids is 2. The number of carbonyl (C=O) groups is 2. The number of nitrogens with one attached hydrogen (secondary N) is 2. The molecule has 11 nitrogen and oxygen atoms in total. The van der Waals surface area contributed by atoms with Crippen LogP contribution >= 0.6 is 0 Å². The van der Waals surface area contributed by atoms with Crippen LogP contribution in [0.2, 0.25) is 0 Å². The van der Waals surface area contributed by atoms with Gasteiger partial charge in [-0.05, 0) is 30.2 Å². The van der Waals surface area contributed by atoms with E-state index in [0.717, 1.165) is 13.0 Å². The molecule has 14 heteroatoms. The number of azo groups is 1. The summed E-state index contributed by atoms with van der Waals surface area (Å²) in [6, 6.07) is 5.35. The first kappa shape index (κ1) is 25.1. The normalized spacial score (nSPS) is 21.8. The number of ether oxygens (including phenoxy) is 1. The van der Waals surface area contributed by atoms with Gasteiger partial charge in [0, 0.05) is 25.9 Å². The molecule has 36 heavy (non-hydrogen) atoms. The zero-order valence-electron chi connectivity index (χ0n) is 19.6. The number of nitrogens with zero attached hydrogens (tertiary/aromatic N) is 6. The fourth-order valence-electron chi connectivity index (χ4n) is 4.03. The van der Waals surface area contributed by atoms with Gasteiger partial charge in [-0.2, -0.15) is 5.11 Å². The van der Waals surface area contributed by atoms with Gasteiger partial charge in [-0.25, -0.2) is 4.68 Å². The first-order chi connectivity index (χ1) is 17.1. The van der Waals surface area contributed by atoms with E-state index in [4.69, 9.17) is 0 Å². The number of hydrogen-bond acceptors (Lipinski definition) is 8. The Bertz CT molecular complexity index is 1180. The minimum Gasteiger partial charge on any atom is -0.406 e. The highest BCUT2D eigenvalue weighted by molar-refractivity contribution is 5.87. The first-order valence-corrected chi connectivity index (χ1v) is 11.3. The molecule has 3 heterocycles. The van der Waals surface area contributed by atoms with Gasteiger partial charge in [0.15, 0.2) is 5.82 Å². The van der Waals surface area contributed by atoms with Crippen LogP contribution in [0.5, 0.6) is 5.75 Å². The lowest BCUT2D eigenvalue weighted by Gasteiger charge is -2.26. The van der Waals surface area contributed by atoms with Crippen molar-refractivity contribution in [1.82, 2.24) is 25.2 Å². The third-order valence-electron chi connectivity index (χ3n) is 5.68. The molecule has 4 rings (SSSR count). The summed E-state index contributed by atoms with van der Waals surface area (Å²) in [5.74, 6) is -0.0684. The Morgan fingerprint density at radius 1 is 1.28 bits per heavy atom. The Morgan fingerprint density at radius 3 is 2.81 bits per heavy atom. The van der Waals surface area contributed by atoms with Crippen molar-refractivity contribution in [3.05, 3.63) is 47.9 Å². The molecule has 1 aromatic heterocycles. The van der Waals surface area contributed by atoms with E-state index in [0.29, 0.717) is 23.7 Å². The van der Waals surface area contributed by atoms with E-state index in [1.54, 1.807) is 16.9 Å². The highest BCUT2D eigenvalue weighted by Crippen LogP contribution is 2.29. The molecule has 2 N–H and O–H groups in total. The maximum absolute atomic E-state index is 12.5. The molecule has 0 bridgehead atoms. The summed E-state index contributed by atoms with van der Waals surface area (Å²) in [5, 5.41) is 21.9. The number of benzene rings is 1. The van der Waals surface area contributed by atoms with Crippen LogP contribution in [0.1, 0.15) is 31.9 Å². The molecule has 0 saturated carbocycles. The van der Waals surface area contributed by atoms with Gasteiger partial charge < -0.3 is 20.3 Å². The number of rotatable bonds is 7. The van der Waals surface area contributed by atoms with Crippen LogP contribution in [0.4, 0.5) is 19.0 Å². The van der Waals surface area contributed by atoms with Crippen molar-refractivity contribution in [3.8, 4) is 5.75 Å². The molecular weight excluding hydrogens is 481 g/mol. The zero-order chi connectivity index (χ0) is 25.9. The van der Waals surface area contributed by atoms with Crippen molar-refractivity contribution in [2.24, 2.45) is 16.1 Å². The number of amides is 2. The van der Waals surface area contributed by atoms with Crippen LogP contribution in [0, 0.1) is 5.92 Å². The Morgan fingerprint density at radius 2 is 2.08 bits per heavy atom. The summed E-state index contributed by atoms with van der Waals surface area (Å²) in [6.45, 7) is 4.66. The third-order valence-corrected chi connectivity index (χ3v) is 5.68. The largest absolute Gasteiger partial charge is 0.573 e. The molecule has 2 aliphatic heterocycles. The van der Waals surface area contributed by atoms with Crippen LogP contribution in [0.3, 0.4) is 0 Å². The van der Waals surface area contributed by atoms with Crippen molar-refractivity contribution >= 4 is 17.6 Å². The van der Waals surface area contributed by atoms with Gasteiger partial charge in [-0.3, -0.25) is 9.59 Å². The van der Waals surface area contributed by atoms with E-state index < -0.39 is 18.4 Å². The summed E-state index contributed by atoms with van der Waals surface area (Å²) in [5.41, 5.74) is 0.378.